The molecule has 0 spiro atoms. The molecule has 1 N–H and O–H groups in total. The van der Waals surface area contributed by atoms with E-state index in [0.29, 0.717) is 0 Å². The first-order valence-electron chi connectivity index (χ1n) is 6.36. The van der Waals surface area contributed by atoms with Crippen LogP contribution in [-0.4, -0.2) is 37.5 Å². The highest BCUT2D eigenvalue weighted by Gasteiger charge is 2.14. The smallest absolute Gasteiger partial charge is 0.0642 e. The van der Waals surface area contributed by atoms with E-state index in [1.54, 1.807) is 0 Å². The fourth-order valence-electron chi connectivity index (χ4n) is 2.20. The maximum atomic E-state index is 9.38. The third-order valence-electron chi connectivity index (χ3n) is 3.17. The second kappa shape index (κ2) is 6.03. The van der Waals surface area contributed by atoms with E-state index in [2.05, 4.69) is 29.2 Å². The highest BCUT2D eigenvalue weighted by atomic mass is 16.5. The van der Waals surface area contributed by atoms with Crippen LogP contribution in [0, 0.1) is 0 Å². The van der Waals surface area contributed by atoms with Crippen LogP contribution in [0.15, 0.2) is 24.3 Å². The molecule has 1 aliphatic heterocycles. The van der Waals surface area contributed by atoms with E-state index < -0.39 is 0 Å². The topological polar surface area (TPSA) is 32.7 Å². The quantitative estimate of drug-likeness (QED) is 0.864. The number of aliphatic hydroxyl groups is 1. The van der Waals surface area contributed by atoms with Gasteiger partial charge >= 0.3 is 0 Å². The molecule has 0 amide bonds. The van der Waals surface area contributed by atoms with Crippen LogP contribution in [0.1, 0.15) is 18.9 Å². The Morgan fingerprint density at radius 3 is 2.71 bits per heavy atom. The van der Waals surface area contributed by atoms with Crippen molar-refractivity contribution in [1.82, 2.24) is 0 Å². The molecule has 1 aliphatic rings. The summed E-state index contributed by atoms with van der Waals surface area (Å²) < 4.78 is 5.38. The zero-order valence-electron chi connectivity index (χ0n) is 10.4. The molecule has 1 fully saturated rings. The maximum absolute atomic E-state index is 9.38. The minimum absolute atomic E-state index is 0.229. The lowest BCUT2D eigenvalue weighted by molar-refractivity contribution is 0.122. The SMILES string of the molecule is CC(O)CCc1ccccc1N1CCOCC1. The van der Waals surface area contributed by atoms with Crippen LogP contribution in [-0.2, 0) is 11.2 Å². The molecule has 1 aromatic rings. The van der Waals surface area contributed by atoms with Gasteiger partial charge in [0.05, 0.1) is 19.3 Å². The first-order valence-corrected chi connectivity index (χ1v) is 6.36. The molecule has 3 heteroatoms. The molecule has 0 radical (unpaired) electrons. The van der Waals surface area contributed by atoms with E-state index in [1.807, 2.05) is 6.92 Å². The number of aryl methyl sites for hydroxylation is 1. The van der Waals surface area contributed by atoms with Gasteiger partial charge in [-0.15, -0.1) is 0 Å². The van der Waals surface area contributed by atoms with Crippen LogP contribution in [0.2, 0.25) is 0 Å². The number of anilines is 1. The molecule has 1 atom stereocenters. The molecule has 1 unspecified atom stereocenters. The van der Waals surface area contributed by atoms with Crippen molar-refractivity contribution in [1.29, 1.82) is 0 Å². The van der Waals surface area contributed by atoms with Crippen LogP contribution in [0.25, 0.3) is 0 Å². The lowest BCUT2D eigenvalue weighted by Crippen LogP contribution is -2.36. The largest absolute Gasteiger partial charge is 0.393 e. The van der Waals surface area contributed by atoms with Gasteiger partial charge in [-0.1, -0.05) is 18.2 Å². The van der Waals surface area contributed by atoms with Gasteiger partial charge in [-0.3, -0.25) is 0 Å². The number of ether oxygens (including phenoxy) is 1. The molecule has 1 heterocycles. The number of hydrogen-bond acceptors (Lipinski definition) is 3. The molecule has 1 aromatic carbocycles. The van der Waals surface area contributed by atoms with Gasteiger partial charge in [-0.2, -0.15) is 0 Å². The Morgan fingerprint density at radius 2 is 2.00 bits per heavy atom. The van der Waals surface area contributed by atoms with E-state index in [-0.39, 0.29) is 6.10 Å². The standard InChI is InChI=1S/C14H21NO2/c1-12(16)6-7-13-4-2-3-5-14(13)15-8-10-17-11-9-15/h2-5,12,16H,6-11H2,1H3. The average molecular weight is 235 g/mol. The summed E-state index contributed by atoms with van der Waals surface area (Å²) >= 11 is 0. The molecular weight excluding hydrogens is 214 g/mol. The van der Waals surface area contributed by atoms with Crippen LogP contribution >= 0.6 is 0 Å². The van der Waals surface area contributed by atoms with Crippen molar-refractivity contribution in [3.05, 3.63) is 29.8 Å². The van der Waals surface area contributed by atoms with Crippen molar-refractivity contribution in [2.75, 3.05) is 31.2 Å². The summed E-state index contributed by atoms with van der Waals surface area (Å²) in [6.07, 6.45) is 1.53. The van der Waals surface area contributed by atoms with Gasteiger partial charge in [0.15, 0.2) is 0 Å². The molecule has 0 aliphatic carbocycles. The Hall–Kier alpha value is -1.06. The Balaban J connectivity index is 2.09. The van der Waals surface area contributed by atoms with Crippen LogP contribution in [0.4, 0.5) is 5.69 Å². The number of para-hydroxylation sites is 1. The van der Waals surface area contributed by atoms with Gasteiger partial charge in [0.1, 0.15) is 0 Å². The highest BCUT2D eigenvalue weighted by Crippen LogP contribution is 2.23. The molecule has 2 rings (SSSR count). The van der Waals surface area contributed by atoms with Crippen LogP contribution in [0.5, 0.6) is 0 Å². The molecule has 3 nitrogen and oxygen atoms in total. The van der Waals surface area contributed by atoms with Gasteiger partial charge in [0.25, 0.3) is 0 Å². The first-order chi connectivity index (χ1) is 8.27. The van der Waals surface area contributed by atoms with Crippen molar-refractivity contribution in [2.24, 2.45) is 0 Å². The number of morpholine rings is 1. The Labute approximate surface area is 103 Å². The maximum Gasteiger partial charge on any atom is 0.0642 e. The van der Waals surface area contributed by atoms with Crippen molar-refractivity contribution in [2.45, 2.75) is 25.9 Å². The van der Waals surface area contributed by atoms with Crippen molar-refractivity contribution < 1.29 is 9.84 Å². The van der Waals surface area contributed by atoms with Crippen molar-refractivity contribution in [3.63, 3.8) is 0 Å². The fourth-order valence-corrected chi connectivity index (χ4v) is 2.20. The van der Waals surface area contributed by atoms with Gasteiger partial charge in [-0.25, -0.2) is 0 Å². The summed E-state index contributed by atoms with van der Waals surface area (Å²) in [5.41, 5.74) is 2.63. The molecule has 0 bridgehead atoms. The van der Waals surface area contributed by atoms with E-state index >= 15 is 0 Å². The Bertz CT molecular complexity index is 346. The van der Waals surface area contributed by atoms with E-state index in [9.17, 15) is 5.11 Å². The first kappa shape index (κ1) is 12.4. The van der Waals surface area contributed by atoms with Gasteiger partial charge < -0.3 is 14.7 Å². The van der Waals surface area contributed by atoms with E-state index in [0.717, 1.165) is 39.1 Å². The second-order valence-corrected chi connectivity index (χ2v) is 4.62. The summed E-state index contributed by atoms with van der Waals surface area (Å²) in [7, 11) is 0. The minimum Gasteiger partial charge on any atom is -0.393 e. The Morgan fingerprint density at radius 1 is 1.29 bits per heavy atom. The molecule has 0 aromatic heterocycles. The summed E-state index contributed by atoms with van der Waals surface area (Å²) in [4.78, 5) is 2.38. The number of nitrogens with zero attached hydrogens (tertiary/aromatic N) is 1. The molecular formula is C14H21NO2. The number of rotatable bonds is 4. The number of aliphatic hydroxyl groups excluding tert-OH is 1. The zero-order valence-corrected chi connectivity index (χ0v) is 10.4. The van der Waals surface area contributed by atoms with E-state index in [4.69, 9.17) is 4.74 Å². The summed E-state index contributed by atoms with van der Waals surface area (Å²) in [5.74, 6) is 0. The number of hydrogen-bond donors (Lipinski definition) is 1. The van der Waals surface area contributed by atoms with Gasteiger partial charge in [0, 0.05) is 18.8 Å². The van der Waals surface area contributed by atoms with Gasteiger partial charge in [0.2, 0.25) is 0 Å². The van der Waals surface area contributed by atoms with Crippen LogP contribution in [0.3, 0.4) is 0 Å². The third-order valence-corrected chi connectivity index (χ3v) is 3.17. The fraction of sp³-hybridized carbons (Fsp3) is 0.571. The minimum atomic E-state index is -0.229. The van der Waals surface area contributed by atoms with E-state index in [1.165, 1.54) is 11.3 Å². The normalized spacial score (nSPS) is 18.1. The predicted molar refractivity (Wildman–Crippen MR) is 69.5 cm³/mol. The lowest BCUT2D eigenvalue weighted by atomic mass is 10.0. The average Bonchev–Trinajstić information content (AvgIpc) is 2.38. The van der Waals surface area contributed by atoms with Crippen molar-refractivity contribution >= 4 is 5.69 Å². The lowest BCUT2D eigenvalue weighted by Gasteiger charge is -2.30. The van der Waals surface area contributed by atoms with Gasteiger partial charge in [-0.05, 0) is 31.4 Å². The van der Waals surface area contributed by atoms with Crippen molar-refractivity contribution in [3.8, 4) is 0 Å². The molecule has 17 heavy (non-hydrogen) atoms. The number of benzene rings is 1. The zero-order chi connectivity index (χ0) is 12.1. The molecule has 0 saturated carbocycles. The molecule has 1 saturated heterocycles. The predicted octanol–water partition coefficient (Wildman–Crippen LogP) is 1.84. The highest BCUT2D eigenvalue weighted by molar-refractivity contribution is 5.54. The summed E-state index contributed by atoms with van der Waals surface area (Å²) in [6, 6.07) is 8.48. The Kier molecular flexibility index (Phi) is 4.40. The van der Waals surface area contributed by atoms with Crippen LogP contribution < -0.4 is 4.90 Å². The summed E-state index contributed by atoms with van der Waals surface area (Å²) in [6.45, 7) is 5.39. The molecule has 94 valence electrons. The second-order valence-electron chi connectivity index (χ2n) is 4.62. The monoisotopic (exact) mass is 235 g/mol. The third kappa shape index (κ3) is 3.45. The summed E-state index contributed by atoms with van der Waals surface area (Å²) in [5, 5.41) is 9.38.